The van der Waals surface area contributed by atoms with Crippen molar-refractivity contribution >= 4 is 29.5 Å². The molecule has 2 aromatic carbocycles. The van der Waals surface area contributed by atoms with Crippen molar-refractivity contribution < 1.29 is 32.7 Å². The summed E-state index contributed by atoms with van der Waals surface area (Å²) in [5, 5.41) is 0. The van der Waals surface area contributed by atoms with Crippen molar-refractivity contribution in [2.24, 2.45) is 0 Å². The zero-order valence-electron chi connectivity index (χ0n) is 9.49. The quantitative estimate of drug-likeness (QED) is 0.427. The Morgan fingerprint density at radius 1 is 1.00 bits per heavy atom. The fourth-order valence-corrected chi connectivity index (χ4v) is 0.820. The van der Waals surface area contributed by atoms with Crippen LogP contribution in [0.4, 0.5) is 0 Å². The van der Waals surface area contributed by atoms with E-state index in [-0.39, 0.29) is 32.7 Å². The third-order valence-corrected chi connectivity index (χ3v) is 1.45. The monoisotopic (exact) mass is 335 g/mol. The zero-order chi connectivity index (χ0) is 12.1. The molecule has 2 rings (SSSR count). The molecule has 0 amide bonds. The molecule has 0 heterocycles. The van der Waals surface area contributed by atoms with E-state index < -0.39 is 0 Å². The number of rotatable bonds is 0. The molecule has 0 aliphatic heterocycles. The first-order chi connectivity index (χ1) is 7.81. The summed E-state index contributed by atoms with van der Waals surface area (Å²) in [7, 11) is 0. The van der Waals surface area contributed by atoms with Crippen molar-refractivity contribution in [1.82, 2.24) is 0 Å². The molecule has 3 heteroatoms. The molecule has 0 unspecified atom stereocenters. The van der Waals surface area contributed by atoms with Gasteiger partial charge in [0.25, 0.3) is 0 Å². The van der Waals surface area contributed by atoms with Gasteiger partial charge >= 0.3 is 0 Å². The largest absolute Gasteiger partial charge is 0.199 e. The minimum absolute atomic E-state index is 0. The maximum Gasteiger partial charge on any atom is 0.0310 e. The Kier molecular flexibility index (Phi) is 17.9. The maximum absolute atomic E-state index is 4.13. The number of thiol groups is 1. The van der Waals surface area contributed by atoms with Crippen LogP contribution in [-0.2, 0) is 32.7 Å². The van der Waals surface area contributed by atoms with E-state index in [1.54, 1.807) is 0 Å². The van der Waals surface area contributed by atoms with E-state index in [1.807, 2.05) is 60.7 Å². The summed E-state index contributed by atoms with van der Waals surface area (Å²) in [5.41, 5.74) is 1.07. The minimum Gasteiger partial charge on any atom is -0.199 e. The van der Waals surface area contributed by atoms with Crippen LogP contribution in [0, 0.1) is 13.0 Å². The first-order valence-corrected chi connectivity index (χ1v) is 5.66. The maximum atomic E-state index is 4.13. The second-order valence-corrected chi connectivity index (χ2v) is 3.51. The van der Waals surface area contributed by atoms with E-state index >= 15 is 0 Å². The Morgan fingerprint density at radius 3 is 1.59 bits per heavy atom. The van der Waals surface area contributed by atoms with Crippen LogP contribution in [0.25, 0.3) is 0 Å². The first-order valence-electron chi connectivity index (χ1n) is 4.67. The summed E-state index contributed by atoms with van der Waals surface area (Å²) < 4.78 is 1.28. The fourth-order valence-electron chi connectivity index (χ4n) is 0.820. The molecule has 0 aliphatic rings. The summed E-state index contributed by atoms with van der Waals surface area (Å²) in [6, 6.07) is 22.4. The Hall–Kier alpha value is -0.146. The Morgan fingerprint density at radius 2 is 1.41 bits per heavy atom. The smallest absolute Gasteiger partial charge is 0.0310 e. The number of hydrogen-bond donors (Lipinski definition) is 1. The third kappa shape index (κ3) is 15.9. The predicted octanol–water partition coefficient (Wildman–Crippen LogP) is 4.23. The van der Waals surface area contributed by atoms with Crippen LogP contribution in [0.1, 0.15) is 5.56 Å². The Bertz CT molecular complexity index is 322. The van der Waals surface area contributed by atoms with E-state index in [1.165, 1.54) is 4.70 Å². The standard InChI is InChI=1S/C7H7.C6H5.CH2S2.Y/c1-7-5-3-2-4-6-7;1-2-4-6-5-3-1;2-1-3;/h2-6H,1H2;1-5H;1H,(H,2,3);/q2*-1;;. The normalized spacial score (nSPS) is 7.12. The summed E-state index contributed by atoms with van der Waals surface area (Å²) >= 11 is 7.61. The predicted molar refractivity (Wildman–Crippen MR) is 78.8 cm³/mol. The zero-order valence-corrected chi connectivity index (χ0v) is 14.0. The molecular formula is C14H14S2Y-2. The molecule has 87 valence electrons. The molecule has 2 aromatic rings. The number of thiocarbonyl (C=S) groups is 1. The van der Waals surface area contributed by atoms with Gasteiger partial charge < -0.3 is 0 Å². The fraction of sp³-hybridized carbons (Fsp3) is 0. The van der Waals surface area contributed by atoms with Gasteiger partial charge in [0.2, 0.25) is 0 Å². The summed E-state index contributed by atoms with van der Waals surface area (Å²) in [6.07, 6.45) is 0. The van der Waals surface area contributed by atoms with Crippen molar-refractivity contribution in [2.45, 2.75) is 0 Å². The molecule has 0 nitrogen and oxygen atoms in total. The van der Waals surface area contributed by atoms with Crippen LogP contribution in [-0.4, -0.2) is 4.70 Å². The van der Waals surface area contributed by atoms with Crippen molar-refractivity contribution in [1.29, 1.82) is 0 Å². The van der Waals surface area contributed by atoms with Crippen molar-refractivity contribution in [3.05, 3.63) is 79.2 Å². The molecule has 0 atom stereocenters. The van der Waals surface area contributed by atoms with Gasteiger partial charge in [0.15, 0.2) is 0 Å². The van der Waals surface area contributed by atoms with Crippen molar-refractivity contribution in [3.63, 3.8) is 0 Å². The Balaban J connectivity index is 0. The van der Waals surface area contributed by atoms with Crippen LogP contribution in [0.5, 0.6) is 0 Å². The van der Waals surface area contributed by atoms with Crippen LogP contribution in [0.3, 0.4) is 0 Å². The molecule has 1 radical (unpaired) electrons. The second kappa shape index (κ2) is 15.9. The van der Waals surface area contributed by atoms with Gasteiger partial charge in [-0.2, -0.15) is 61.0 Å². The first kappa shape index (κ1) is 19.2. The topological polar surface area (TPSA) is 0 Å². The molecule has 0 saturated heterocycles. The van der Waals surface area contributed by atoms with Crippen LogP contribution in [0.2, 0.25) is 0 Å². The van der Waals surface area contributed by atoms with Crippen LogP contribution in [0.15, 0.2) is 60.7 Å². The van der Waals surface area contributed by atoms with Gasteiger partial charge in [-0.25, -0.2) is 0 Å². The molecule has 0 aromatic heterocycles. The summed E-state index contributed by atoms with van der Waals surface area (Å²) in [6.45, 7) is 3.72. The number of hydrogen-bond acceptors (Lipinski definition) is 1. The summed E-state index contributed by atoms with van der Waals surface area (Å²) in [4.78, 5) is 0. The van der Waals surface area contributed by atoms with Crippen molar-refractivity contribution in [2.75, 3.05) is 0 Å². The van der Waals surface area contributed by atoms with Gasteiger partial charge in [0.1, 0.15) is 0 Å². The molecule has 0 fully saturated rings. The van der Waals surface area contributed by atoms with Gasteiger partial charge in [-0.05, 0) is 0 Å². The summed E-state index contributed by atoms with van der Waals surface area (Å²) in [5.74, 6) is 0. The van der Waals surface area contributed by atoms with Gasteiger partial charge in [-0.15, -0.1) is 24.8 Å². The van der Waals surface area contributed by atoms with E-state index in [2.05, 4.69) is 37.8 Å². The van der Waals surface area contributed by atoms with Crippen LogP contribution >= 0.6 is 24.8 Å². The van der Waals surface area contributed by atoms with Gasteiger partial charge in [0, 0.05) is 37.4 Å². The Labute approximate surface area is 140 Å². The minimum atomic E-state index is 0. The molecule has 0 spiro atoms. The molecule has 0 saturated carbocycles. The van der Waals surface area contributed by atoms with Gasteiger partial charge in [0.05, 0.1) is 0 Å². The molecule has 0 aliphatic carbocycles. The van der Waals surface area contributed by atoms with E-state index in [0.717, 1.165) is 5.56 Å². The second-order valence-electron chi connectivity index (χ2n) is 2.67. The third-order valence-electron chi connectivity index (χ3n) is 1.45. The molecule has 0 bridgehead atoms. The van der Waals surface area contributed by atoms with Gasteiger partial charge in [-0.3, -0.25) is 0 Å². The molecule has 17 heavy (non-hydrogen) atoms. The van der Waals surface area contributed by atoms with E-state index in [9.17, 15) is 0 Å². The van der Waals surface area contributed by atoms with E-state index in [0.29, 0.717) is 0 Å². The van der Waals surface area contributed by atoms with Crippen LogP contribution < -0.4 is 0 Å². The van der Waals surface area contributed by atoms with Crippen molar-refractivity contribution in [3.8, 4) is 0 Å². The average Bonchev–Trinajstić information content (AvgIpc) is 2.34. The van der Waals surface area contributed by atoms with Gasteiger partial charge in [-0.1, -0.05) is 18.3 Å². The SMILES string of the molecule is S=CS.[CH2-]c1ccccc1.[Y].[c-]1ccccc1. The average molecular weight is 335 g/mol. The molecule has 0 N–H and O–H groups in total. The number of benzene rings is 2. The molecular weight excluding hydrogens is 321 g/mol. The van der Waals surface area contributed by atoms with E-state index in [4.69, 9.17) is 0 Å².